The summed E-state index contributed by atoms with van der Waals surface area (Å²) in [5.41, 5.74) is 0. The molecule has 0 spiro atoms. The van der Waals surface area contributed by atoms with Crippen LogP contribution in [0, 0.1) is 6.26 Å². The lowest BCUT2D eigenvalue weighted by Gasteiger charge is -2.02. The monoisotopic (exact) mass is 223 g/mol. The first kappa shape index (κ1) is 13.1. The maximum atomic E-state index is 5.39. The van der Waals surface area contributed by atoms with Crippen molar-refractivity contribution in [3.05, 3.63) is 18.4 Å². The minimum Gasteiger partial charge on any atom is -0.465 e. The van der Waals surface area contributed by atoms with Gasteiger partial charge in [-0.05, 0) is 12.5 Å². The summed E-state index contributed by atoms with van der Waals surface area (Å²) in [6.45, 7) is 3.01. The number of ether oxygens (including phenoxy) is 1. The predicted molar refractivity (Wildman–Crippen MR) is 65.6 cm³/mol. The summed E-state index contributed by atoms with van der Waals surface area (Å²) in [4.78, 5) is 0. The van der Waals surface area contributed by atoms with Crippen molar-refractivity contribution in [2.24, 2.45) is 0 Å². The van der Waals surface area contributed by atoms with Crippen LogP contribution in [0.4, 0.5) is 0 Å². The van der Waals surface area contributed by atoms with Gasteiger partial charge in [0.15, 0.2) is 6.26 Å². The summed E-state index contributed by atoms with van der Waals surface area (Å²) in [5, 5.41) is 0. The fourth-order valence-electron chi connectivity index (χ4n) is 1.71. The summed E-state index contributed by atoms with van der Waals surface area (Å²) >= 11 is 0. The minimum absolute atomic E-state index is 0.586. The molecule has 0 unspecified atom stereocenters. The Morgan fingerprint density at radius 1 is 1.06 bits per heavy atom. The first-order valence-electron chi connectivity index (χ1n) is 6.52. The van der Waals surface area contributed by atoms with Crippen LogP contribution < -0.4 is 4.74 Å². The zero-order valence-corrected chi connectivity index (χ0v) is 10.3. The topological polar surface area (TPSA) is 22.4 Å². The average Bonchev–Trinajstić information content (AvgIpc) is 2.80. The third-order valence-electron chi connectivity index (χ3n) is 2.69. The van der Waals surface area contributed by atoms with Crippen LogP contribution in [-0.2, 0) is 0 Å². The van der Waals surface area contributed by atoms with Gasteiger partial charge in [0.2, 0.25) is 0 Å². The Hall–Kier alpha value is -0.920. The smallest absolute Gasteiger partial charge is 0.284 e. The molecule has 0 fully saturated rings. The van der Waals surface area contributed by atoms with E-state index in [1.165, 1.54) is 44.9 Å². The highest BCUT2D eigenvalue weighted by molar-refractivity contribution is 5.02. The van der Waals surface area contributed by atoms with Crippen molar-refractivity contribution in [2.45, 2.75) is 58.3 Å². The molecular weight excluding hydrogens is 200 g/mol. The molecule has 0 aliphatic rings. The molecule has 0 atom stereocenters. The highest BCUT2D eigenvalue weighted by Gasteiger charge is 1.95. The van der Waals surface area contributed by atoms with Gasteiger partial charge < -0.3 is 9.15 Å². The Bertz CT molecular complexity index is 229. The molecule has 2 nitrogen and oxygen atoms in total. The van der Waals surface area contributed by atoms with Gasteiger partial charge in [-0.15, -0.1) is 0 Å². The molecule has 91 valence electrons. The van der Waals surface area contributed by atoms with E-state index in [2.05, 4.69) is 13.2 Å². The van der Waals surface area contributed by atoms with Crippen molar-refractivity contribution in [3.63, 3.8) is 0 Å². The molecule has 1 rings (SSSR count). The Morgan fingerprint density at radius 2 is 1.75 bits per heavy atom. The van der Waals surface area contributed by atoms with E-state index >= 15 is 0 Å². The van der Waals surface area contributed by atoms with Gasteiger partial charge in [-0.25, -0.2) is 0 Å². The first-order valence-corrected chi connectivity index (χ1v) is 6.52. The van der Waals surface area contributed by atoms with E-state index in [0.717, 1.165) is 13.0 Å². The molecule has 1 radical (unpaired) electrons. The molecule has 16 heavy (non-hydrogen) atoms. The van der Waals surface area contributed by atoms with E-state index in [1.807, 2.05) is 0 Å². The van der Waals surface area contributed by atoms with Gasteiger partial charge in [0, 0.05) is 6.07 Å². The van der Waals surface area contributed by atoms with E-state index in [0.29, 0.717) is 5.95 Å². The number of rotatable bonds is 10. The Morgan fingerprint density at radius 3 is 2.38 bits per heavy atom. The van der Waals surface area contributed by atoms with Gasteiger partial charge in [0.1, 0.15) is 0 Å². The zero-order chi connectivity index (χ0) is 11.5. The number of furan rings is 1. The van der Waals surface area contributed by atoms with E-state index in [-0.39, 0.29) is 0 Å². The largest absolute Gasteiger partial charge is 0.465 e. The summed E-state index contributed by atoms with van der Waals surface area (Å²) in [5.74, 6) is 0.586. The van der Waals surface area contributed by atoms with E-state index in [1.54, 1.807) is 12.1 Å². The van der Waals surface area contributed by atoms with Crippen molar-refractivity contribution >= 4 is 0 Å². The molecule has 2 heteroatoms. The zero-order valence-electron chi connectivity index (χ0n) is 10.3. The summed E-state index contributed by atoms with van der Waals surface area (Å²) < 4.78 is 10.4. The molecule has 0 aliphatic heterocycles. The molecule has 0 saturated carbocycles. The van der Waals surface area contributed by atoms with Crippen LogP contribution in [0.1, 0.15) is 58.3 Å². The Kier molecular flexibility index (Phi) is 7.65. The van der Waals surface area contributed by atoms with E-state index in [4.69, 9.17) is 9.15 Å². The fourth-order valence-corrected chi connectivity index (χ4v) is 1.71. The summed E-state index contributed by atoms with van der Waals surface area (Å²) in [7, 11) is 0. The van der Waals surface area contributed by atoms with Crippen LogP contribution in [0.25, 0.3) is 0 Å². The van der Waals surface area contributed by atoms with Gasteiger partial charge >= 0.3 is 0 Å². The summed E-state index contributed by atoms with van der Waals surface area (Å²) in [6, 6.07) is 3.52. The molecule has 0 amide bonds. The lowest BCUT2D eigenvalue weighted by atomic mass is 10.1. The second-order valence-electron chi connectivity index (χ2n) is 4.20. The maximum Gasteiger partial charge on any atom is 0.284 e. The molecule has 0 saturated heterocycles. The molecule has 0 aliphatic carbocycles. The molecule has 1 heterocycles. The van der Waals surface area contributed by atoms with Crippen molar-refractivity contribution in [3.8, 4) is 5.95 Å². The van der Waals surface area contributed by atoms with Crippen molar-refractivity contribution in [2.75, 3.05) is 6.61 Å². The molecular formula is C14H23O2. The summed E-state index contributed by atoms with van der Waals surface area (Å²) in [6.07, 6.45) is 13.2. The second kappa shape index (κ2) is 9.32. The third-order valence-corrected chi connectivity index (χ3v) is 2.69. The molecule has 1 aromatic heterocycles. The van der Waals surface area contributed by atoms with Crippen LogP contribution in [0.3, 0.4) is 0 Å². The van der Waals surface area contributed by atoms with Crippen molar-refractivity contribution in [1.29, 1.82) is 0 Å². The average molecular weight is 223 g/mol. The minimum atomic E-state index is 0.586. The number of hydrogen-bond acceptors (Lipinski definition) is 2. The lowest BCUT2D eigenvalue weighted by molar-refractivity contribution is 0.234. The SMILES string of the molecule is CCCCCCCCCCOc1cc[c]o1. The van der Waals surface area contributed by atoms with Gasteiger partial charge in [-0.3, -0.25) is 0 Å². The maximum absolute atomic E-state index is 5.39. The van der Waals surface area contributed by atoms with Gasteiger partial charge in [0.05, 0.1) is 6.61 Å². The number of unbranched alkanes of at least 4 members (excludes halogenated alkanes) is 7. The molecule has 0 aromatic carbocycles. The van der Waals surface area contributed by atoms with Crippen LogP contribution in [0.2, 0.25) is 0 Å². The highest BCUT2D eigenvalue weighted by Crippen LogP contribution is 2.11. The Labute approximate surface area is 99.0 Å². The molecule has 0 N–H and O–H groups in total. The van der Waals surface area contributed by atoms with E-state index < -0.39 is 0 Å². The standard InChI is InChI=1S/C14H23O2/c1-2-3-4-5-6-7-8-9-12-15-14-11-10-13-16-14/h10-11H,2-9,12H2,1H3. The van der Waals surface area contributed by atoms with E-state index in [9.17, 15) is 0 Å². The van der Waals surface area contributed by atoms with Crippen LogP contribution in [-0.4, -0.2) is 6.61 Å². The van der Waals surface area contributed by atoms with Crippen molar-refractivity contribution in [1.82, 2.24) is 0 Å². The third kappa shape index (κ3) is 6.54. The quantitative estimate of drug-likeness (QED) is 0.541. The lowest BCUT2D eigenvalue weighted by Crippen LogP contribution is -1.95. The van der Waals surface area contributed by atoms with Crippen LogP contribution in [0.15, 0.2) is 16.5 Å². The second-order valence-corrected chi connectivity index (χ2v) is 4.20. The first-order chi connectivity index (χ1) is 7.93. The molecule has 0 bridgehead atoms. The Balaban J connectivity index is 1.78. The van der Waals surface area contributed by atoms with Gasteiger partial charge in [-0.2, -0.15) is 0 Å². The normalized spacial score (nSPS) is 10.6. The van der Waals surface area contributed by atoms with Crippen LogP contribution in [0.5, 0.6) is 5.95 Å². The predicted octanol–water partition coefficient (Wildman–Crippen LogP) is 4.60. The molecule has 1 aromatic rings. The van der Waals surface area contributed by atoms with Gasteiger partial charge in [-0.1, -0.05) is 51.9 Å². The fraction of sp³-hybridized carbons (Fsp3) is 0.714. The van der Waals surface area contributed by atoms with Gasteiger partial charge in [0.25, 0.3) is 5.95 Å². The number of hydrogen-bond donors (Lipinski definition) is 0. The highest BCUT2D eigenvalue weighted by atomic mass is 16.6. The van der Waals surface area contributed by atoms with Crippen molar-refractivity contribution < 1.29 is 9.15 Å². The van der Waals surface area contributed by atoms with Crippen LogP contribution >= 0.6 is 0 Å².